The molecule has 2 aromatic carbocycles. The first-order valence-corrected chi connectivity index (χ1v) is 7.26. The van der Waals surface area contributed by atoms with Gasteiger partial charge >= 0.3 is 0 Å². The molecule has 1 aliphatic carbocycles. The standard InChI is InChI=1S/C18H20FN/c1-12-11-14(19)9-10-15(12)18(20)17-8-4-6-13-5-2-3-7-16(13)17/h2-3,5,7,9-11,17-18H,4,6,8,20H2,1H3. The number of aryl methyl sites for hydroxylation is 2. The largest absolute Gasteiger partial charge is 0.323 e. The van der Waals surface area contributed by atoms with Crippen LogP contribution in [0.25, 0.3) is 0 Å². The highest BCUT2D eigenvalue weighted by molar-refractivity contribution is 5.38. The minimum atomic E-state index is -0.192. The van der Waals surface area contributed by atoms with E-state index >= 15 is 0 Å². The van der Waals surface area contributed by atoms with Crippen LogP contribution < -0.4 is 5.73 Å². The van der Waals surface area contributed by atoms with Crippen LogP contribution in [0.4, 0.5) is 4.39 Å². The summed E-state index contributed by atoms with van der Waals surface area (Å²) in [6, 6.07) is 13.4. The zero-order chi connectivity index (χ0) is 14.1. The minimum absolute atomic E-state index is 0.0583. The molecule has 2 unspecified atom stereocenters. The molecule has 3 rings (SSSR count). The average Bonchev–Trinajstić information content (AvgIpc) is 2.46. The van der Waals surface area contributed by atoms with Crippen molar-refractivity contribution >= 4 is 0 Å². The average molecular weight is 269 g/mol. The zero-order valence-electron chi connectivity index (χ0n) is 11.8. The lowest BCUT2D eigenvalue weighted by Crippen LogP contribution is -2.24. The van der Waals surface area contributed by atoms with Gasteiger partial charge in [0.25, 0.3) is 0 Å². The molecule has 2 N–H and O–H groups in total. The van der Waals surface area contributed by atoms with E-state index in [1.54, 1.807) is 6.07 Å². The molecule has 0 radical (unpaired) electrons. The Morgan fingerprint density at radius 1 is 1.20 bits per heavy atom. The topological polar surface area (TPSA) is 26.0 Å². The lowest BCUT2D eigenvalue weighted by molar-refractivity contribution is 0.472. The maximum atomic E-state index is 13.3. The smallest absolute Gasteiger partial charge is 0.123 e. The highest BCUT2D eigenvalue weighted by atomic mass is 19.1. The summed E-state index contributed by atoms with van der Waals surface area (Å²) < 4.78 is 13.3. The SMILES string of the molecule is Cc1cc(F)ccc1C(N)C1CCCc2ccccc21. The normalized spacial score (nSPS) is 19.4. The third kappa shape index (κ3) is 2.36. The maximum Gasteiger partial charge on any atom is 0.123 e. The van der Waals surface area contributed by atoms with Crippen molar-refractivity contribution in [3.05, 3.63) is 70.5 Å². The van der Waals surface area contributed by atoms with Gasteiger partial charge in [0.15, 0.2) is 0 Å². The van der Waals surface area contributed by atoms with Gasteiger partial charge in [-0.1, -0.05) is 30.3 Å². The molecular weight excluding hydrogens is 249 g/mol. The summed E-state index contributed by atoms with van der Waals surface area (Å²) in [6.07, 6.45) is 3.42. The van der Waals surface area contributed by atoms with Crippen LogP contribution in [-0.2, 0) is 6.42 Å². The summed E-state index contributed by atoms with van der Waals surface area (Å²) >= 11 is 0. The highest BCUT2D eigenvalue weighted by Gasteiger charge is 2.27. The second-order valence-electron chi connectivity index (χ2n) is 5.72. The third-order valence-corrected chi connectivity index (χ3v) is 4.44. The number of benzene rings is 2. The van der Waals surface area contributed by atoms with Gasteiger partial charge in [-0.25, -0.2) is 4.39 Å². The van der Waals surface area contributed by atoms with Crippen molar-refractivity contribution in [3.63, 3.8) is 0 Å². The number of halogens is 1. The first kappa shape index (κ1) is 13.3. The molecule has 0 fully saturated rings. The van der Waals surface area contributed by atoms with E-state index in [1.807, 2.05) is 13.0 Å². The first-order valence-electron chi connectivity index (χ1n) is 7.26. The van der Waals surface area contributed by atoms with E-state index in [4.69, 9.17) is 5.73 Å². The molecule has 1 nitrogen and oxygen atoms in total. The fourth-order valence-electron chi connectivity index (χ4n) is 3.39. The lowest BCUT2D eigenvalue weighted by Gasteiger charge is -2.31. The molecule has 0 aliphatic heterocycles. The Kier molecular flexibility index (Phi) is 3.58. The summed E-state index contributed by atoms with van der Waals surface area (Å²) in [6.45, 7) is 1.94. The van der Waals surface area contributed by atoms with Crippen molar-refractivity contribution in [1.82, 2.24) is 0 Å². The molecule has 0 saturated carbocycles. The summed E-state index contributed by atoms with van der Waals surface area (Å²) in [5.41, 5.74) is 11.3. The van der Waals surface area contributed by atoms with E-state index in [9.17, 15) is 4.39 Å². The van der Waals surface area contributed by atoms with Crippen LogP contribution in [0.2, 0.25) is 0 Å². The second-order valence-corrected chi connectivity index (χ2v) is 5.72. The highest BCUT2D eigenvalue weighted by Crippen LogP contribution is 2.39. The quantitative estimate of drug-likeness (QED) is 0.866. The van der Waals surface area contributed by atoms with Crippen LogP contribution in [0, 0.1) is 12.7 Å². The van der Waals surface area contributed by atoms with E-state index in [1.165, 1.54) is 23.6 Å². The van der Waals surface area contributed by atoms with E-state index in [0.717, 1.165) is 24.0 Å². The molecule has 0 heterocycles. The Balaban J connectivity index is 1.97. The molecule has 0 spiro atoms. The van der Waals surface area contributed by atoms with Crippen molar-refractivity contribution in [2.75, 3.05) is 0 Å². The number of hydrogen-bond acceptors (Lipinski definition) is 1. The van der Waals surface area contributed by atoms with Crippen molar-refractivity contribution in [2.45, 2.75) is 38.1 Å². The van der Waals surface area contributed by atoms with E-state index in [-0.39, 0.29) is 11.9 Å². The van der Waals surface area contributed by atoms with E-state index in [2.05, 4.69) is 24.3 Å². The Bertz CT molecular complexity index is 621. The summed E-state index contributed by atoms with van der Waals surface area (Å²) in [7, 11) is 0. The van der Waals surface area contributed by atoms with E-state index < -0.39 is 0 Å². The van der Waals surface area contributed by atoms with Gasteiger partial charge in [0.05, 0.1) is 0 Å². The predicted molar refractivity (Wildman–Crippen MR) is 80.2 cm³/mol. The van der Waals surface area contributed by atoms with Gasteiger partial charge in [0.2, 0.25) is 0 Å². The van der Waals surface area contributed by atoms with Gasteiger partial charge in [0, 0.05) is 12.0 Å². The van der Waals surface area contributed by atoms with Gasteiger partial charge in [-0.15, -0.1) is 0 Å². The number of nitrogens with two attached hydrogens (primary N) is 1. The first-order chi connectivity index (χ1) is 9.66. The van der Waals surface area contributed by atoms with Crippen LogP contribution in [-0.4, -0.2) is 0 Å². The van der Waals surface area contributed by atoms with Crippen LogP contribution in [0.5, 0.6) is 0 Å². The summed E-state index contributed by atoms with van der Waals surface area (Å²) in [5.74, 6) is 0.145. The molecule has 1 aliphatic rings. The van der Waals surface area contributed by atoms with Gasteiger partial charge in [-0.2, -0.15) is 0 Å². The van der Waals surface area contributed by atoms with Crippen LogP contribution in [0.1, 0.15) is 47.1 Å². The molecule has 2 atom stereocenters. The molecule has 2 heteroatoms. The molecule has 0 aromatic heterocycles. The van der Waals surface area contributed by atoms with Crippen molar-refractivity contribution in [2.24, 2.45) is 5.73 Å². The maximum absolute atomic E-state index is 13.3. The van der Waals surface area contributed by atoms with Gasteiger partial charge < -0.3 is 5.73 Å². The lowest BCUT2D eigenvalue weighted by atomic mass is 9.76. The van der Waals surface area contributed by atoms with Crippen molar-refractivity contribution in [1.29, 1.82) is 0 Å². The fraction of sp³-hybridized carbons (Fsp3) is 0.333. The Morgan fingerprint density at radius 2 is 2.00 bits per heavy atom. The van der Waals surface area contributed by atoms with Crippen LogP contribution >= 0.6 is 0 Å². The van der Waals surface area contributed by atoms with Crippen molar-refractivity contribution < 1.29 is 4.39 Å². The third-order valence-electron chi connectivity index (χ3n) is 4.44. The van der Waals surface area contributed by atoms with E-state index in [0.29, 0.717) is 5.92 Å². The summed E-state index contributed by atoms with van der Waals surface area (Å²) in [4.78, 5) is 0. The Morgan fingerprint density at radius 3 is 2.80 bits per heavy atom. The molecular formula is C18H20FN. The molecule has 20 heavy (non-hydrogen) atoms. The molecule has 104 valence electrons. The monoisotopic (exact) mass is 269 g/mol. The predicted octanol–water partition coefficient (Wildman–Crippen LogP) is 4.25. The Labute approximate surface area is 119 Å². The summed E-state index contributed by atoms with van der Waals surface area (Å²) in [5, 5.41) is 0. The van der Waals surface area contributed by atoms with Crippen LogP contribution in [0.15, 0.2) is 42.5 Å². The molecule has 0 bridgehead atoms. The number of hydrogen-bond donors (Lipinski definition) is 1. The second kappa shape index (κ2) is 5.37. The zero-order valence-corrected chi connectivity index (χ0v) is 11.8. The molecule has 2 aromatic rings. The molecule has 0 amide bonds. The number of rotatable bonds is 2. The number of fused-ring (bicyclic) bond motifs is 1. The minimum Gasteiger partial charge on any atom is -0.323 e. The van der Waals surface area contributed by atoms with Crippen molar-refractivity contribution in [3.8, 4) is 0 Å². The Hall–Kier alpha value is -1.67. The van der Waals surface area contributed by atoms with Gasteiger partial charge in [-0.3, -0.25) is 0 Å². The fourth-order valence-corrected chi connectivity index (χ4v) is 3.39. The van der Waals surface area contributed by atoms with Gasteiger partial charge in [0.1, 0.15) is 5.82 Å². The van der Waals surface area contributed by atoms with Crippen LogP contribution in [0.3, 0.4) is 0 Å². The molecule has 0 saturated heterocycles. The van der Waals surface area contributed by atoms with Gasteiger partial charge in [-0.05, 0) is 60.6 Å².